The topological polar surface area (TPSA) is 24.1 Å². The van der Waals surface area contributed by atoms with Gasteiger partial charge in [-0.25, -0.2) is 0 Å². The van der Waals surface area contributed by atoms with Gasteiger partial charge in [-0.2, -0.15) is 0 Å². The van der Waals surface area contributed by atoms with Crippen LogP contribution in [0.25, 0.3) is 0 Å². The van der Waals surface area contributed by atoms with E-state index in [2.05, 4.69) is 39.6 Å². The molecule has 0 aliphatic rings. The maximum absolute atomic E-state index is 5.14. The number of thiocarbonyl (C=S) groups is 1. The van der Waals surface area contributed by atoms with Gasteiger partial charge in [-0.3, -0.25) is 0 Å². The first-order chi connectivity index (χ1) is 7.15. The Morgan fingerprint density at radius 3 is 2.73 bits per heavy atom. The van der Waals surface area contributed by atoms with Gasteiger partial charge in [0.15, 0.2) is 5.11 Å². The highest BCUT2D eigenvalue weighted by molar-refractivity contribution is 9.10. The minimum absolute atomic E-state index is 0.201. The van der Waals surface area contributed by atoms with Crippen LogP contribution in [-0.2, 0) is 0 Å². The van der Waals surface area contributed by atoms with Gasteiger partial charge < -0.3 is 10.6 Å². The summed E-state index contributed by atoms with van der Waals surface area (Å²) in [5.41, 5.74) is 1.21. The molecule has 0 bridgehead atoms. The molecule has 15 heavy (non-hydrogen) atoms. The largest absolute Gasteiger partial charge is 0.363 e. The van der Waals surface area contributed by atoms with Crippen LogP contribution in [0.15, 0.2) is 28.7 Å². The second kappa shape index (κ2) is 6.08. The summed E-state index contributed by atoms with van der Waals surface area (Å²) in [7, 11) is 0. The molecule has 4 heteroatoms. The standard InChI is InChI=1S/C11H15BrN2S/c1-3-13-11(15)14-8(2)9-6-4-5-7-10(9)12/h4-8H,3H2,1-2H3,(H2,13,14,15)/t8-/m1/s1. The molecular formula is C11H15BrN2S. The summed E-state index contributed by atoms with van der Waals surface area (Å²) >= 11 is 8.66. The SMILES string of the molecule is CCNC(=S)N[C@H](C)c1ccccc1Br. The van der Waals surface area contributed by atoms with Gasteiger partial charge in [-0.15, -0.1) is 0 Å². The van der Waals surface area contributed by atoms with Crippen LogP contribution in [-0.4, -0.2) is 11.7 Å². The van der Waals surface area contributed by atoms with E-state index in [0.29, 0.717) is 5.11 Å². The van der Waals surface area contributed by atoms with Crippen LogP contribution >= 0.6 is 28.1 Å². The van der Waals surface area contributed by atoms with Crippen molar-refractivity contribution in [2.45, 2.75) is 19.9 Å². The summed E-state index contributed by atoms with van der Waals surface area (Å²) in [6.07, 6.45) is 0. The zero-order valence-electron chi connectivity index (χ0n) is 8.88. The van der Waals surface area contributed by atoms with E-state index < -0.39 is 0 Å². The van der Waals surface area contributed by atoms with Crippen molar-refractivity contribution in [1.29, 1.82) is 0 Å². The molecule has 1 atom stereocenters. The van der Waals surface area contributed by atoms with Crippen molar-refractivity contribution in [2.75, 3.05) is 6.54 Å². The predicted octanol–water partition coefficient (Wildman–Crippen LogP) is 2.99. The highest BCUT2D eigenvalue weighted by Crippen LogP contribution is 2.22. The van der Waals surface area contributed by atoms with Crippen molar-refractivity contribution in [3.05, 3.63) is 34.3 Å². The molecule has 0 fully saturated rings. The number of halogens is 1. The third-order valence-electron chi connectivity index (χ3n) is 2.06. The molecule has 0 unspecified atom stereocenters. The van der Waals surface area contributed by atoms with E-state index in [4.69, 9.17) is 12.2 Å². The highest BCUT2D eigenvalue weighted by atomic mass is 79.9. The molecule has 1 rings (SSSR count). The number of hydrogen-bond donors (Lipinski definition) is 2. The fourth-order valence-corrected chi connectivity index (χ4v) is 2.26. The normalized spacial score (nSPS) is 11.9. The van der Waals surface area contributed by atoms with Crippen LogP contribution in [0.1, 0.15) is 25.5 Å². The average Bonchev–Trinajstić information content (AvgIpc) is 2.18. The number of rotatable bonds is 3. The van der Waals surface area contributed by atoms with Crippen LogP contribution < -0.4 is 10.6 Å². The molecule has 0 saturated carbocycles. The third kappa shape index (κ3) is 3.80. The second-order valence-electron chi connectivity index (χ2n) is 3.25. The molecule has 0 radical (unpaired) electrons. The van der Waals surface area contributed by atoms with Crippen LogP contribution in [0.5, 0.6) is 0 Å². The lowest BCUT2D eigenvalue weighted by molar-refractivity contribution is 0.699. The zero-order chi connectivity index (χ0) is 11.3. The van der Waals surface area contributed by atoms with E-state index >= 15 is 0 Å². The predicted molar refractivity (Wildman–Crippen MR) is 72.0 cm³/mol. The van der Waals surface area contributed by atoms with Crippen molar-refractivity contribution < 1.29 is 0 Å². The van der Waals surface area contributed by atoms with E-state index in [0.717, 1.165) is 11.0 Å². The lowest BCUT2D eigenvalue weighted by Gasteiger charge is -2.17. The van der Waals surface area contributed by atoms with Crippen LogP contribution in [0.3, 0.4) is 0 Å². The zero-order valence-corrected chi connectivity index (χ0v) is 11.3. The summed E-state index contributed by atoms with van der Waals surface area (Å²) in [5.74, 6) is 0. The van der Waals surface area contributed by atoms with Crippen molar-refractivity contribution in [3.8, 4) is 0 Å². The van der Waals surface area contributed by atoms with Gasteiger partial charge in [0.1, 0.15) is 0 Å². The van der Waals surface area contributed by atoms with Crippen molar-refractivity contribution in [1.82, 2.24) is 10.6 Å². The Morgan fingerprint density at radius 2 is 2.13 bits per heavy atom. The van der Waals surface area contributed by atoms with Gasteiger partial charge in [0.25, 0.3) is 0 Å². The molecule has 0 aliphatic carbocycles. The summed E-state index contributed by atoms with van der Waals surface area (Å²) in [4.78, 5) is 0. The molecule has 0 amide bonds. The summed E-state index contributed by atoms with van der Waals surface area (Å²) in [5, 5.41) is 6.99. The quantitative estimate of drug-likeness (QED) is 0.836. The molecule has 2 N–H and O–H groups in total. The monoisotopic (exact) mass is 286 g/mol. The van der Waals surface area contributed by atoms with Crippen molar-refractivity contribution >= 4 is 33.3 Å². The fourth-order valence-electron chi connectivity index (χ4n) is 1.31. The maximum Gasteiger partial charge on any atom is 0.166 e. The average molecular weight is 287 g/mol. The van der Waals surface area contributed by atoms with Crippen molar-refractivity contribution in [3.63, 3.8) is 0 Å². The molecule has 0 heterocycles. The minimum atomic E-state index is 0.201. The molecule has 82 valence electrons. The van der Waals surface area contributed by atoms with Gasteiger partial charge in [0.2, 0.25) is 0 Å². The van der Waals surface area contributed by atoms with Gasteiger partial charge >= 0.3 is 0 Å². The molecule has 0 aliphatic heterocycles. The van der Waals surface area contributed by atoms with Crippen molar-refractivity contribution in [2.24, 2.45) is 0 Å². The number of nitrogens with one attached hydrogen (secondary N) is 2. The third-order valence-corrected chi connectivity index (χ3v) is 3.04. The molecule has 0 saturated heterocycles. The Hall–Kier alpha value is -0.610. The van der Waals surface area contributed by atoms with E-state index in [1.165, 1.54) is 5.56 Å². The number of hydrogen-bond acceptors (Lipinski definition) is 1. The van der Waals surface area contributed by atoms with E-state index in [-0.39, 0.29) is 6.04 Å². The summed E-state index contributed by atoms with van der Waals surface area (Å²) < 4.78 is 1.10. The smallest absolute Gasteiger partial charge is 0.166 e. The Kier molecular flexibility index (Phi) is 5.05. The Labute approximate surface area is 105 Å². The lowest BCUT2D eigenvalue weighted by atomic mass is 10.1. The molecular weight excluding hydrogens is 272 g/mol. The van der Waals surface area contributed by atoms with Crippen LogP contribution in [0.2, 0.25) is 0 Å². The Balaban J connectivity index is 2.65. The maximum atomic E-state index is 5.14. The van der Waals surface area contributed by atoms with E-state index in [1.807, 2.05) is 25.1 Å². The van der Waals surface area contributed by atoms with Gasteiger partial charge in [-0.05, 0) is 37.7 Å². The first kappa shape index (κ1) is 12.5. The second-order valence-corrected chi connectivity index (χ2v) is 4.51. The first-order valence-corrected chi connectivity index (χ1v) is 6.14. The molecule has 2 nitrogen and oxygen atoms in total. The summed E-state index contributed by atoms with van der Waals surface area (Å²) in [6, 6.07) is 8.34. The van der Waals surface area contributed by atoms with Gasteiger partial charge in [0, 0.05) is 11.0 Å². The summed E-state index contributed by atoms with van der Waals surface area (Å²) in [6.45, 7) is 4.95. The molecule has 0 spiro atoms. The lowest BCUT2D eigenvalue weighted by Crippen LogP contribution is -2.36. The highest BCUT2D eigenvalue weighted by Gasteiger charge is 2.08. The Morgan fingerprint density at radius 1 is 1.47 bits per heavy atom. The fraction of sp³-hybridized carbons (Fsp3) is 0.364. The molecule has 0 aromatic heterocycles. The minimum Gasteiger partial charge on any atom is -0.363 e. The van der Waals surface area contributed by atoms with Crippen LogP contribution in [0, 0.1) is 0 Å². The van der Waals surface area contributed by atoms with E-state index in [1.54, 1.807) is 0 Å². The molecule has 1 aromatic rings. The molecule has 1 aromatic carbocycles. The van der Waals surface area contributed by atoms with E-state index in [9.17, 15) is 0 Å². The van der Waals surface area contributed by atoms with Gasteiger partial charge in [-0.1, -0.05) is 34.1 Å². The first-order valence-electron chi connectivity index (χ1n) is 4.94. The number of benzene rings is 1. The van der Waals surface area contributed by atoms with Crippen LogP contribution in [0.4, 0.5) is 0 Å². The Bertz CT molecular complexity index is 341. The van der Waals surface area contributed by atoms with Gasteiger partial charge in [0.05, 0.1) is 6.04 Å².